The number of hydrogen-bond donors (Lipinski definition) is 1. The van der Waals surface area contributed by atoms with Crippen molar-refractivity contribution in [2.24, 2.45) is 0 Å². The Kier molecular flexibility index (Phi) is 7.56. The van der Waals surface area contributed by atoms with Crippen LogP contribution in [0.2, 0.25) is 0 Å². The number of rotatable bonds is 9. The van der Waals surface area contributed by atoms with Crippen molar-refractivity contribution in [1.82, 2.24) is 9.88 Å². The molecule has 1 amide bonds. The van der Waals surface area contributed by atoms with Crippen LogP contribution in [-0.4, -0.2) is 43.8 Å². The van der Waals surface area contributed by atoms with E-state index in [1.54, 1.807) is 0 Å². The van der Waals surface area contributed by atoms with Crippen molar-refractivity contribution >= 4 is 27.6 Å². The number of nitrogens with one attached hydrogen (secondary N) is 1. The number of pyridine rings is 1. The van der Waals surface area contributed by atoms with Gasteiger partial charge in [-0.2, -0.15) is 0 Å². The summed E-state index contributed by atoms with van der Waals surface area (Å²) in [6, 6.07) is 18.1. The molecular formula is C23H23N3O5S. The van der Waals surface area contributed by atoms with Crippen molar-refractivity contribution in [3.8, 4) is 0 Å². The smallest absolute Gasteiger partial charge is 0.307 e. The largest absolute Gasteiger partial charge is 0.469 e. The van der Waals surface area contributed by atoms with Crippen LogP contribution in [-0.2, 0) is 26.1 Å². The minimum Gasteiger partial charge on any atom is -0.469 e. The molecule has 9 heteroatoms. The zero-order valence-corrected chi connectivity index (χ0v) is 18.3. The van der Waals surface area contributed by atoms with E-state index < -0.39 is 16.0 Å². The predicted octanol–water partition coefficient (Wildman–Crippen LogP) is 3.09. The van der Waals surface area contributed by atoms with Crippen molar-refractivity contribution in [2.75, 3.05) is 18.4 Å². The molecule has 166 valence electrons. The molecule has 1 aromatic heterocycles. The second-order valence-corrected chi connectivity index (χ2v) is 8.59. The van der Waals surface area contributed by atoms with E-state index >= 15 is 0 Å². The zero-order valence-electron chi connectivity index (χ0n) is 17.5. The number of hydrogen-bond acceptors (Lipinski definition) is 6. The number of sulfonamides is 1. The van der Waals surface area contributed by atoms with Gasteiger partial charge in [0.2, 0.25) is 0 Å². The normalized spacial score (nSPS) is 10.9. The predicted molar refractivity (Wildman–Crippen MR) is 119 cm³/mol. The molecule has 0 spiro atoms. The molecular weight excluding hydrogens is 430 g/mol. The number of benzene rings is 2. The molecule has 0 unspecified atom stereocenters. The summed E-state index contributed by atoms with van der Waals surface area (Å²) in [5, 5.41) is 0. The lowest BCUT2D eigenvalue weighted by Crippen LogP contribution is -2.32. The lowest BCUT2D eigenvalue weighted by molar-refractivity contribution is -0.140. The Morgan fingerprint density at radius 3 is 2.25 bits per heavy atom. The minimum absolute atomic E-state index is 0.0232. The molecule has 0 atom stereocenters. The molecule has 0 radical (unpaired) electrons. The first-order valence-electron chi connectivity index (χ1n) is 9.82. The molecule has 0 saturated heterocycles. The molecule has 32 heavy (non-hydrogen) atoms. The molecule has 2 aromatic carbocycles. The quantitative estimate of drug-likeness (QED) is 0.499. The summed E-state index contributed by atoms with van der Waals surface area (Å²) in [4.78, 5) is 30.1. The average molecular weight is 454 g/mol. The Morgan fingerprint density at radius 2 is 1.62 bits per heavy atom. The van der Waals surface area contributed by atoms with Gasteiger partial charge < -0.3 is 9.64 Å². The monoisotopic (exact) mass is 453 g/mol. The van der Waals surface area contributed by atoms with Crippen molar-refractivity contribution in [1.29, 1.82) is 0 Å². The zero-order chi connectivity index (χ0) is 23.0. The highest BCUT2D eigenvalue weighted by molar-refractivity contribution is 7.92. The fourth-order valence-corrected chi connectivity index (χ4v) is 4.04. The summed E-state index contributed by atoms with van der Waals surface area (Å²) in [6.07, 6.45) is 3.02. The van der Waals surface area contributed by atoms with Crippen molar-refractivity contribution in [2.45, 2.75) is 17.9 Å². The Balaban J connectivity index is 1.77. The number of carbonyl (C=O) groups excluding carboxylic acids is 2. The number of amides is 1. The van der Waals surface area contributed by atoms with Gasteiger partial charge in [-0.3, -0.25) is 19.3 Å². The van der Waals surface area contributed by atoms with Gasteiger partial charge in [0.1, 0.15) is 0 Å². The SMILES string of the molecule is COC(=O)CCN(Cc1ccccc1)C(=O)c1ccc(S(=O)(=O)Nc2ccncc2)cc1. The van der Waals surface area contributed by atoms with Crippen LogP contribution in [0.15, 0.2) is 84.0 Å². The number of anilines is 1. The third kappa shape index (κ3) is 6.14. The van der Waals surface area contributed by atoms with Gasteiger partial charge in [0.05, 0.1) is 24.1 Å². The highest BCUT2D eigenvalue weighted by Gasteiger charge is 2.20. The molecule has 1 heterocycles. The van der Waals surface area contributed by atoms with E-state index in [2.05, 4.69) is 14.4 Å². The van der Waals surface area contributed by atoms with Crippen molar-refractivity contribution in [3.05, 3.63) is 90.3 Å². The third-order valence-corrected chi connectivity index (χ3v) is 6.06. The molecule has 0 aliphatic rings. The Morgan fingerprint density at radius 1 is 0.969 bits per heavy atom. The second-order valence-electron chi connectivity index (χ2n) is 6.90. The van der Waals surface area contributed by atoms with Crippen LogP contribution in [0.1, 0.15) is 22.3 Å². The van der Waals surface area contributed by atoms with Crippen LogP contribution < -0.4 is 4.72 Å². The van der Waals surface area contributed by atoms with Crippen LogP contribution in [0.4, 0.5) is 5.69 Å². The van der Waals surface area contributed by atoms with Crippen molar-refractivity contribution < 1.29 is 22.7 Å². The first-order valence-corrected chi connectivity index (χ1v) is 11.3. The van der Waals surface area contributed by atoms with Gasteiger partial charge in [0.25, 0.3) is 15.9 Å². The van der Waals surface area contributed by atoms with E-state index in [1.165, 1.54) is 60.8 Å². The third-order valence-electron chi connectivity index (χ3n) is 4.66. The fourth-order valence-electron chi connectivity index (χ4n) is 2.98. The summed E-state index contributed by atoms with van der Waals surface area (Å²) in [7, 11) is -2.52. The highest BCUT2D eigenvalue weighted by Crippen LogP contribution is 2.18. The number of ether oxygens (including phenoxy) is 1. The van der Waals surface area contributed by atoms with E-state index in [0.717, 1.165) is 5.56 Å². The number of nitrogens with zero attached hydrogens (tertiary/aromatic N) is 2. The topological polar surface area (TPSA) is 106 Å². The van der Waals surface area contributed by atoms with Crippen LogP contribution >= 0.6 is 0 Å². The van der Waals surface area contributed by atoms with Crippen LogP contribution in [0.5, 0.6) is 0 Å². The maximum Gasteiger partial charge on any atom is 0.307 e. The second kappa shape index (κ2) is 10.5. The number of aromatic nitrogens is 1. The molecule has 0 aliphatic carbocycles. The maximum absolute atomic E-state index is 13.1. The van der Waals surface area contributed by atoms with E-state index in [4.69, 9.17) is 0 Å². The first-order chi connectivity index (χ1) is 15.4. The van der Waals surface area contributed by atoms with Gasteiger partial charge in [-0.15, -0.1) is 0 Å². The number of methoxy groups -OCH3 is 1. The molecule has 0 fully saturated rings. The van der Waals surface area contributed by atoms with Gasteiger partial charge in [-0.05, 0) is 42.0 Å². The molecule has 3 rings (SSSR count). The number of carbonyl (C=O) groups is 2. The van der Waals surface area contributed by atoms with E-state index in [9.17, 15) is 18.0 Å². The summed E-state index contributed by atoms with van der Waals surface area (Å²) < 4.78 is 32.3. The van der Waals surface area contributed by atoms with Crippen LogP contribution in [0.25, 0.3) is 0 Å². The van der Waals surface area contributed by atoms with E-state index in [1.807, 2.05) is 30.3 Å². The minimum atomic E-state index is -3.81. The van der Waals surface area contributed by atoms with E-state index in [-0.39, 0.29) is 23.8 Å². The lowest BCUT2D eigenvalue weighted by Gasteiger charge is -2.22. The Bertz CT molecular complexity index is 1150. The van der Waals surface area contributed by atoms with E-state index in [0.29, 0.717) is 17.8 Å². The molecule has 1 N–H and O–H groups in total. The van der Waals surface area contributed by atoms with Crippen molar-refractivity contribution in [3.63, 3.8) is 0 Å². The van der Waals surface area contributed by atoms with Gasteiger partial charge in [0, 0.05) is 31.0 Å². The fraction of sp³-hybridized carbons (Fsp3) is 0.174. The molecule has 0 aliphatic heterocycles. The number of esters is 1. The van der Waals surface area contributed by atoms with Gasteiger partial charge in [-0.25, -0.2) is 8.42 Å². The molecule has 0 bridgehead atoms. The summed E-state index contributed by atoms with van der Waals surface area (Å²) in [5.74, 6) is -0.733. The first kappa shape index (κ1) is 23.0. The average Bonchev–Trinajstić information content (AvgIpc) is 2.82. The Labute approximate surface area is 186 Å². The standard InChI is InChI=1S/C23H23N3O5S/c1-31-22(27)13-16-26(17-18-5-3-2-4-6-18)23(28)19-7-9-21(10-8-19)32(29,30)25-20-11-14-24-15-12-20/h2-12,14-15H,13,16-17H2,1H3,(H,24,25). The molecule has 3 aromatic rings. The maximum atomic E-state index is 13.1. The molecule has 8 nitrogen and oxygen atoms in total. The molecule has 0 saturated carbocycles. The Hall–Kier alpha value is -3.72. The van der Waals surface area contributed by atoms with Gasteiger partial charge in [0.15, 0.2) is 0 Å². The summed E-state index contributed by atoms with van der Waals surface area (Å²) in [5.41, 5.74) is 1.61. The highest BCUT2D eigenvalue weighted by atomic mass is 32.2. The van der Waals surface area contributed by atoms with Crippen LogP contribution in [0, 0.1) is 0 Å². The summed E-state index contributed by atoms with van der Waals surface area (Å²) in [6.45, 7) is 0.477. The lowest BCUT2D eigenvalue weighted by atomic mass is 10.1. The van der Waals surface area contributed by atoms with Crippen LogP contribution in [0.3, 0.4) is 0 Å². The summed E-state index contributed by atoms with van der Waals surface area (Å²) >= 11 is 0. The van der Waals surface area contributed by atoms with Gasteiger partial charge >= 0.3 is 5.97 Å². The van der Waals surface area contributed by atoms with Gasteiger partial charge in [-0.1, -0.05) is 30.3 Å².